The van der Waals surface area contributed by atoms with Crippen LogP contribution >= 0.6 is 0 Å². The van der Waals surface area contributed by atoms with Gasteiger partial charge in [0.25, 0.3) is 0 Å². The number of carbonyl (C=O) groups is 1. The highest BCUT2D eigenvalue weighted by atomic mass is 16.2. The molecular formula is C16H31N3O. The first-order valence-electron chi connectivity index (χ1n) is 8.50. The van der Waals surface area contributed by atoms with Crippen molar-refractivity contribution in [3.05, 3.63) is 0 Å². The van der Waals surface area contributed by atoms with Crippen LogP contribution in [-0.2, 0) is 4.79 Å². The Morgan fingerprint density at radius 1 is 1.15 bits per heavy atom. The first kappa shape index (κ1) is 15.8. The molecule has 1 saturated heterocycles. The first-order valence-corrected chi connectivity index (χ1v) is 8.50. The van der Waals surface area contributed by atoms with Crippen LogP contribution < -0.4 is 10.6 Å². The van der Waals surface area contributed by atoms with Crippen molar-refractivity contribution >= 4 is 5.91 Å². The standard InChI is InChI=1S/C16H31N3O/c1-3-19(4-2)12-11-17-16(20)15-10-9-13-7-5-6-8-14(13)18-15/h13-15,18H,3-12H2,1-2H3,(H,17,20). The number of fused-ring (bicyclic) bond motifs is 1. The summed E-state index contributed by atoms with van der Waals surface area (Å²) in [6.07, 6.45) is 7.56. The van der Waals surface area contributed by atoms with Gasteiger partial charge in [-0.3, -0.25) is 4.79 Å². The molecule has 0 bridgehead atoms. The molecule has 1 saturated carbocycles. The van der Waals surface area contributed by atoms with E-state index in [0.717, 1.165) is 38.5 Å². The minimum Gasteiger partial charge on any atom is -0.353 e. The quantitative estimate of drug-likeness (QED) is 0.780. The lowest BCUT2D eigenvalue weighted by Crippen LogP contribution is -2.55. The SMILES string of the molecule is CCN(CC)CCNC(=O)C1CCC2CCCCC2N1. The molecule has 0 aromatic carbocycles. The Bertz CT molecular complexity index is 304. The van der Waals surface area contributed by atoms with E-state index in [9.17, 15) is 4.79 Å². The van der Waals surface area contributed by atoms with Crippen LogP contribution in [0.3, 0.4) is 0 Å². The Kier molecular flexibility index (Phi) is 6.30. The molecule has 0 spiro atoms. The zero-order chi connectivity index (χ0) is 14.4. The smallest absolute Gasteiger partial charge is 0.237 e. The highest BCUT2D eigenvalue weighted by Gasteiger charge is 2.34. The molecule has 4 heteroatoms. The average Bonchev–Trinajstić information content (AvgIpc) is 2.51. The summed E-state index contributed by atoms with van der Waals surface area (Å²) >= 11 is 0. The zero-order valence-corrected chi connectivity index (χ0v) is 13.2. The number of likely N-dealkylation sites (N-methyl/N-ethyl adjacent to an activating group) is 1. The molecular weight excluding hydrogens is 250 g/mol. The second kappa shape index (κ2) is 7.99. The fourth-order valence-electron chi connectivity index (χ4n) is 3.70. The molecule has 1 aliphatic carbocycles. The molecule has 20 heavy (non-hydrogen) atoms. The van der Waals surface area contributed by atoms with Gasteiger partial charge < -0.3 is 15.5 Å². The van der Waals surface area contributed by atoms with Gasteiger partial charge in [-0.15, -0.1) is 0 Å². The largest absolute Gasteiger partial charge is 0.353 e. The lowest BCUT2D eigenvalue weighted by atomic mass is 9.77. The van der Waals surface area contributed by atoms with E-state index >= 15 is 0 Å². The van der Waals surface area contributed by atoms with Crippen molar-refractivity contribution in [2.75, 3.05) is 26.2 Å². The summed E-state index contributed by atoms with van der Waals surface area (Å²) in [5.41, 5.74) is 0. The van der Waals surface area contributed by atoms with Crippen molar-refractivity contribution in [2.45, 2.75) is 64.5 Å². The minimum absolute atomic E-state index is 0.0473. The predicted octanol–water partition coefficient (Wildman–Crippen LogP) is 1.76. The monoisotopic (exact) mass is 281 g/mol. The number of hydrogen-bond donors (Lipinski definition) is 2. The fraction of sp³-hybridized carbons (Fsp3) is 0.938. The number of nitrogens with one attached hydrogen (secondary N) is 2. The molecule has 1 heterocycles. The van der Waals surface area contributed by atoms with Crippen LogP contribution in [-0.4, -0.2) is 49.1 Å². The zero-order valence-electron chi connectivity index (χ0n) is 13.2. The van der Waals surface area contributed by atoms with Crippen molar-refractivity contribution in [3.63, 3.8) is 0 Å². The number of carbonyl (C=O) groups excluding carboxylic acids is 1. The third kappa shape index (κ3) is 4.19. The maximum Gasteiger partial charge on any atom is 0.237 e. The summed E-state index contributed by atoms with van der Waals surface area (Å²) in [7, 11) is 0. The Hall–Kier alpha value is -0.610. The number of hydrogen-bond acceptors (Lipinski definition) is 3. The van der Waals surface area contributed by atoms with Gasteiger partial charge in [0.05, 0.1) is 6.04 Å². The highest BCUT2D eigenvalue weighted by molar-refractivity contribution is 5.81. The normalized spacial score (nSPS) is 30.1. The van der Waals surface area contributed by atoms with E-state index < -0.39 is 0 Å². The summed E-state index contributed by atoms with van der Waals surface area (Å²) in [5.74, 6) is 1.03. The number of nitrogens with zero attached hydrogens (tertiary/aromatic N) is 1. The molecule has 116 valence electrons. The van der Waals surface area contributed by atoms with Gasteiger partial charge >= 0.3 is 0 Å². The maximum atomic E-state index is 12.2. The van der Waals surface area contributed by atoms with E-state index in [1.54, 1.807) is 0 Å². The van der Waals surface area contributed by atoms with Gasteiger partial charge in [-0.05, 0) is 44.7 Å². The maximum absolute atomic E-state index is 12.2. The van der Waals surface area contributed by atoms with Gasteiger partial charge in [-0.1, -0.05) is 26.7 Å². The summed E-state index contributed by atoms with van der Waals surface area (Å²) in [6.45, 7) is 8.16. The van der Waals surface area contributed by atoms with Crippen molar-refractivity contribution in [1.82, 2.24) is 15.5 Å². The van der Waals surface area contributed by atoms with Gasteiger partial charge in [0.2, 0.25) is 5.91 Å². The molecule has 1 aliphatic heterocycles. The number of rotatable bonds is 6. The van der Waals surface area contributed by atoms with Crippen LogP contribution in [0.5, 0.6) is 0 Å². The third-order valence-electron chi connectivity index (χ3n) is 5.09. The summed E-state index contributed by atoms with van der Waals surface area (Å²) in [4.78, 5) is 14.6. The number of amides is 1. The van der Waals surface area contributed by atoms with Crippen molar-refractivity contribution in [3.8, 4) is 0 Å². The lowest BCUT2D eigenvalue weighted by Gasteiger charge is -2.39. The number of piperidine rings is 1. The predicted molar refractivity (Wildman–Crippen MR) is 82.7 cm³/mol. The van der Waals surface area contributed by atoms with Crippen LogP contribution in [0.25, 0.3) is 0 Å². The minimum atomic E-state index is 0.0473. The van der Waals surface area contributed by atoms with E-state index in [-0.39, 0.29) is 11.9 Å². The van der Waals surface area contributed by atoms with Gasteiger partial charge in [-0.2, -0.15) is 0 Å². The second-order valence-electron chi connectivity index (χ2n) is 6.27. The Morgan fingerprint density at radius 2 is 1.90 bits per heavy atom. The molecule has 1 amide bonds. The van der Waals surface area contributed by atoms with Crippen LogP contribution in [0, 0.1) is 5.92 Å². The molecule has 3 atom stereocenters. The van der Waals surface area contributed by atoms with Crippen LogP contribution in [0.15, 0.2) is 0 Å². The molecule has 4 nitrogen and oxygen atoms in total. The summed E-state index contributed by atoms with van der Waals surface area (Å²) < 4.78 is 0. The average molecular weight is 281 g/mol. The molecule has 3 unspecified atom stereocenters. The summed E-state index contributed by atoms with van der Waals surface area (Å²) in [5, 5.41) is 6.70. The van der Waals surface area contributed by atoms with Crippen LogP contribution in [0.1, 0.15) is 52.4 Å². The second-order valence-corrected chi connectivity index (χ2v) is 6.27. The van der Waals surface area contributed by atoms with E-state index in [1.165, 1.54) is 32.1 Å². The molecule has 2 aliphatic rings. The topological polar surface area (TPSA) is 44.4 Å². The van der Waals surface area contributed by atoms with E-state index in [4.69, 9.17) is 0 Å². The lowest BCUT2D eigenvalue weighted by molar-refractivity contribution is -0.124. The molecule has 0 aromatic heterocycles. The molecule has 0 radical (unpaired) electrons. The Morgan fingerprint density at radius 3 is 2.65 bits per heavy atom. The molecule has 2 fully saturated rings. The Labute approximate surface area is 123 Å². The Balaban J connectivity index is 1.70. The summed E-state index contributed by atoms with van der Waals surface area (Å²) in [6, 6.07) is 0.641. The van der Waals surface area contributed by atoms with Crippen molar-refractivity contribution in [1.29, 1.82) is 0 Å². The van der Waals surface area contributed by atoms with Crippen molar-refractivity contribution < 1.29 is 4.79 Å². The third-order valence-corrected chi connectivity index (χ3v) is 5.09. The first-order chi connectivity index (χ1) is 9.74. The van der Waals surface area contributed by atoms with Crippen molar-refractivity contribution in [2.24, 2.45) is 5.92 Å². The van der Waals surface area contributed by atoms with Crippen LogP contribution in [0.2, 0.25) is 0 Å². The van der Waals surface area contributed by atoms with E-state index in [2.05, 4.69) is 29.4 Å². The van der Waals surface area contributed by atoms with E-state index in [1.807, 2.05) is 0 Å². The van der Waals surface area contributed by atoms with Gasteiger partial charge in [-0.25, -0.2) is 0 Å². The van der Waals surface area contributed by atoms with Crippen LogP contribution in [0.4, 0.5) is 0 Å². The van der Waals surface area contributed by atoms with E-state index in [0.29, 0.717) is 6.04 Å². The van der Waals surface area contributed by atoms with Gasteiger partial charge in [0.1, 0.15) is 0 Å². The molecule has 2 N–H and O–H groups in total. The molecule has 0 aromatic rings. The van der Waals surface area contributed by atoms with Gasteiger partial charge in [0.15, 0.2) is 0 Å². The van der Waals surface area contributed by atoms with Gasteiger partial charge in [0, 0.05) is 19.1 Å². The highest BCUT2D eigenvalue weighted by Crippen LogP contribution is 2.32. The fourth-order valence-corrected chi connectivity index (χ4v) is 3.70. The molecule has 2 rings (SSSR count).